The molecule has 24 heavy (non-hydrogen) atoms. The van der Waals surface area contributed by atoms with Gasteiger partial charge in [-0.2, -0.15) is 0 Å². The molecule has 2 N–H and O–H groups in total. The first-order chi connectivity index (χ1) is 11.4. The zero-order chi connectivity index (χ0) is 17.3. The largest absolute Gasteiger partial charge is 0.364 e. The van der Waals surface area contributed by atoms with Gasteiger partial charge in [0.25, 0.3) is 5.91 Å². The van der Waals surface area contributed by atoms with Crippen LogP contribution >= 0.6 is 0 Å². The number of carbonyl (C=O) groups excluding carboxylic acids is 1. The SMILES string of the molecule is CC(C)(C)c1ccc(C2CCCN2C(=O)[C@@H]2CC[C@H](CN)O2)cc1. The molecule has 2 fully saturated rings. The average Bonchev–Trinajstić information content (AvgIpc) is 3.22. The van der Waals surface area contributed by atoms with Crippen LogP contribution in [0.2, 0.25) is 0 Å². The summed E-state index contributed by atoms with van der Waals surface area (Å²) in [5.41, 5.74) is 8.38. The molecular formula is C20H30N2O2. The molecule has 1 aromatic rings. The maximum absolute atomic E-state index is 12.9. The molecule has 1 aromatic carbocycles. The lowest BCUT2D eigenvalue weighted by Crippen LogP contribution is -2.39. The molecule has 0 saturated carbocycles. The molecule has 0 aromatic heterocycles. The van der Waals surface area contributed by atoms with Crippen LogP contribution in [0.1, 0.15) is 63.6 Å². The van der Waals surface area contributed by atoms with Gasteiger partial charge in [0.15, 0.2) is 0 Å². The third kappa shape index (κ3) is 3.50. The number of hydrogen-bond acceptors (Lipinski definition) is 3. The Hall–Kier alpha value is -1.39. The van der Waals surface area contributed by atoms with Crippen molar-refractivity contribution in [2.24, 2.45) is 5.73 Å². The molecule has 4 nitrogen and oxygen atoms in total. The van der Waals surface area contributed by atoms with Crippen molar-refractivity contribution < 1.29 is 9.53 Å². The zero-order valence-corrected chi connectivity index (χ0v) is 15.1. The van der Waals surface area contributed by atoms with E-state index in [-0.39, 0.29) is 29.6 Å². The lowest BCUT2D eigenvalue weighted by Gasteiger charge is -2.28. The van der Waals surface area contributed by atoms with Gasteiger partial charge < -0.3 is 15.4 Å². The van der Waals surface area contributed by atoms with E-state index in [4.69, 9.17) is 10.5 Å². The Labute approximate surface area is 145 Å². The Bertz CT molecular complexity index is 576. The maximum atomic E-state index is 12.9. The maximum Gasteiger partial charge on any atom is 0.252 e. The van der Waals surface area contributed by atoms with Gasteiger partial charge in [0.1, 0.15) is 6.10 Å². The van der Waals surface area contributed by atoms with E-state index in [1.807, 2.05) is 4.90 Å². The molecule has 0 spiro atoms. The van der Waals surface area contributed by atoms with Crippen molar-refractivity contribution in [3.63, 3.8) is 0 Å². The van der Waals surface area contributed by atoms with Gasteiger partial charge in [0.2, 0.25) is 0 Å². The molecule has 4 heteroatoms. The lowest BCUT2D eigenvalue weighted by molar-refractivity contribution is -0.143. The second-order valence-electron chi connectivity index (χ2n) is 8.12. The Kier molecular flexibility index (Phi) is 4.97. The Morgan fingerprint density at radius 3 is 2.50 bits per heavy atom. The summed E-state index contributed by atoms with van der Waals surface area (Å²) in [7, 11) is 0. The van der Waals surface area contributed by atoms with Crippen molar-refractivity contribution in [3.05, 3.63) is 35.4 Å². The quantitative estimate of drug-likeness (QED) is 0.926. The van der Waals surface area contributed by atoms with Crippen LogP contribution in [0.25, 0.3) is 0 Å². The summed E-state index contributed by atoms with van der Waals surface area (Å²) in [5, 5.41) is 0. The van der Waals surface area contributed by atoms with Crippen molar-refractivity contribution in [1.29, 1.82) is 0 Å². The first kappa shape index (κ1) is 17.4. The van der Waals surface area contributed by atoms with Crippen molar-refractivity contribution in [3.8, 4) is 0 Å². The van der Waals surface area contributed by atoms with Gasteiger partial charge in [-0.1, -0.05) is 45.0 Å². The van der Waals surface area contributed by atoms with E-state index < -0.39 is 0 Å². The predicted octanol–water partition coefficient (Wildman–Crippen LogP) is 3.15. The highest BCUT2D eigenvalue weighted by Crippen LogP contribution is 2.35. The van der Waals surface area contributed by atoms with Gasteiger partial charge in [-0.3, -0.25) is 4.79 Å². The van der Waals surface area contributed by atoms with Crippen molar-refractivity contribution in [2.45, 2.75) is 70.1 Å². The van der Waals surface area contributed by atoms with E-state index in [0.717, 1.165) is 32.2 Å². The van der Waals surface area contributed by atoms with Gasteiger partial charge in [0.05, 0.1) is 12.1 Å². The number of ether oxygens (including phenoxy) is 1. The third-order valence-electron chi connectivity index (χ3n) is 5.34. The Morgan fingerprint density at radius 1 is 1.21 bits per heavy atom. The molecule has 1 amide bonds. The van der Waals surface area contributed by atoms with Crippen LogP contribution in [0.3, 0.4) is 0 Å². The molecule has 0 bridgehead atoms. The van der Waals surface area contributed by atoms with Crippen LogP contribution in [0, 0.1) is 0 Å². The number of nitrogens with two attached hydrogens (primary N) is 1. The Morgan fingerprint density at radius 2 is 1.92 bits per heavy atom. The molecule has 2 heterocycles. The number of rotatable bonds is 3. The van der Waals surface area contributed by atoms with Crippen LogP contribution in [0.4, 0.5) is 0 Å². The molecule has 3 atom stereocenters. The topological polar surface area (TPSA) is 55.6 Å². The van der Waals surface area contributed by atoms with Crippen molar-refractivity contribution in [1.82, 2.24) is 4.90 Å². The minimum atomic E-state index is -0.298. The lowest BCUT2D eigenvalue weighted by atomic mass is 9.86. The second-order valence-corrected chi connectivity index (χ2v) is 8.12. The van der Waals surface area contributed by atoms with E-state index in [1.54, 1.807) is 0 Å². The molecule has 0 radical (unpaired) electrons. The third-order valence-corrected chi connectivity index (χ3v) is 5.34. The average molecular weight is 330 g/mol. The summed E-state index contributed by atoms with van der Waals surface area (Å²) in [5.74, 6) is 0.147. The normalized spacial score (nSPS) is 27.7. The van der Waals surface area contributed by atoms with E-state index >= 15 is 0 Å². The summed E-state index contributed by atoms with van der Waals surface area (Å²) < 4.78 is 5.82. The number of benzene rings is 1. The highest BCUT2D eigenvalue weighted by Gasteiger charge is 2.38. The van der Waals surface area contributed by atoms with Gasteiger partial charge in [-0.05, 0) is 42.2 Å². The summed E-state index contributed by atoms with van der Waals surface area (Å²) in [6.07, 6.45) is 3.54. The predicted molar refractivity (Wildman–Crippen MR) is 95.8 cm³/mol. The van der Waals surface area contributed by atoms with Crippen molar-refractivity contribution in [2.75, 3.05) is 13.1 Å². The monoisotopic (exact) mass is 330 g/mol. The fourth-order valence-electron chi connectivity index (χ4n) is 3.83. The van der Waals surface area contributed by atoms with Gasteiger partial charge in [0, 0.05) is 13.1 Å². The number of hydrogen-bond donors (Lipinski definition) is 1. The molecule has 0 aliphatic carbocycles. The standard InChI is InChI=1S/C20H30N2O2/c1-20(2,3)15-8-6-14(7-9-15)17-5-4-12-22(17)19(23)18-11-10-16(13-21)24-18/h6-9,16-18H,4-5,10-13,21H2,1-3H3/t16-,17?,18+/m1/s1. The fourth-order valence-corrected chi connectivity index (χ4v) is 3.83. The molecule has 132 valence electrons. The van der Waals surface area contributed by atoms with Crippen LogP contribution in [-0.4, -0.2) is 36.1 Å². The number of nitrogens with zero attached hydrogens (tertiary/aromatic N) is 1. The molecule has 2 aliphatic heterocycles. The minimum Gasteiger partial charge on any atom is -0.364 e. The van der Waals surface area contributed by atoms with Gasteiger partial charge in [-0.25, -0.2) is 0 Å². The first-order valence-corrected chi connectivity index (χ1v) is 9.16. The van der Waals surface area contributed by atoms with E-state index in [9.17, 15) is 4.79 Å². The molecule has 2 aliphatic rings. The summed E-state index contributed by atoms with van der Waals surface area (Å²) >= 11 is 0. The van der Waals surface area contributed by atoms with Crippen LogP contribution in [0.5, 0.6) is 0 Å². The smallest absolute Gasteiger partial charge is 0.252 e. The van der Waals surface area contributed by atoms with Crippen LogP contribution in [0.15, 0.2) is 24.3 Å². The zero-order valence-electron chi connectivity index (χ0n) is 15.1. The summed E-state index contributed by atoms with van der Waals surface area (Å²) in [6, 6.07) is 8.97. The summed E-state index contributed by atoms with van der Waals surface area (Å²) in [4.78, 5) is 14.9. The van der Waals surface area contributed by atoms with E-state index in [1.165, 1.54) is 11.1 Å². The highest BCUT2D eigenvalue weighted by molar-refractivity contribution is 5.82. The van der Waals surface area contributed by atoms with Crippen molar-refractivity contribution >= 4 is 5.91 Å². The van der Waals surface area contributed by atoms with Crippen LogP contribution in [-0.2, 0) is 14.9 Å². The highest BCUT2D eigenvalue weighted by atomic mass is 16.5. The molecule has 1 unspecified atom stereocenters. The van der Waals surface area contributed by atoms with Gasteiger partial charge >= 0.3 is 0 Å². The van der Waals surface area contributed by atoms with Gasteiger partial charge in [-0.15, -0.1) is 0 Å². The molecule has 3 rings (SSSR count). The fraction of sp³-hybridized carbons (Fsp3) is 0.650. The minimum absolute atomic E-state index is 0.0473. The van der Waals surface area contributed by atoms with E-state index in [2.05, 4.69) is 45.0 Å². The number of amides is 1. The van der Waals surface area contributed by atoms with E-state index in [0.29, 0.717) is 6.54 Å². The second kappa shape index (κ2) is 6.85. The van der Waals surface area contributed by atoms with Crippen LogP contribution < -0.4 is 5.73 Å². The Balaban J connectivity index is 1.72. The number of carbonyl (C=O) groups is 1. The number of likely N-dealkylation sites (tertiary alicyclic amines) is 1. The summed E-state index contributed by atoms with van der Waals surface area (Å²) in [6.45, 7) is 8.00. The first-order valence-electron chi connectivity index (χ1n) is 9.16. The molecular weight excluding hydrogens is 300 g/mol. The molecule has 2 saturated heterocycles.